The molecule has 0 amide bonds. The van der Waals surface area contributed by atoms with E-state index in [2.05, 4.69) is 5.32 Å². The molecule has 0 aromatic heterocycles. The minimum atomic E-state index is -1.16. The number of benzene rings is 2. The second-order valence-corrected chi connectivity index (χ2v) is 5.43. The number of carboxylic acids is 1. The number of halogens is 1. The van der Waals surface area contributed by atoms with Crippen molar-refractivity contribution in [1.29, 1.82) is 0 Å². The summed E-state index contributed by atoms with van der Waals surface area (Å²) in [6.45, 7) is 3.57. The van der Waals surface area contributed by atoms with Gasteiger partial charge in [0.2, 0.25) is 0 Å². The van der Waals surface area contributed by atoms with Crippen LogP contribution in [0.25, 0.3) is 0 Å². The van der Waals surface area contributed by atoms with Crippen LogP contribution in [0.1, 0.15) is 18.1 Å². The van der Waals surface area contributed by atoms with Crippen molar-refractivity contribution in [2.45, 2.75) is 25.8 Å². The van der Waals surface area contributed by atoms with Gasteiger partial charge in [-0.15, -0.1) is 0 Å². The Bertz CT molecular complexity index is 639. The quantitative estimate of drug-likeness (QED) is 0.883. The zero-order valence-electron chi connectivity index (χ0n) is 12.1. The number of aryl methyl sites for hydroxylation is 1. The highest BCUT2D eigenvalue weighted by atomic mass is 19.1. The lowest BCUT2D eigenvalue weighted by Crippen LogP contribution is -2.45. The van der Waals surface area contributed by atoms with Crippen molar-refractivity contribution in [1.82, 2.24) is 0 Å². The molecular weight excluding hydrogens is 269 g/mol. The van der Waals surface area contributed by atoms with E-state index >= 15 is 0 Å². The third kappa shape index (κ3) is 3.81. The molecule has 2 aromatic rings. The van der Waals surface area contributed by atoms with E-state index in [4.69, 9.17) is 0 Å². The first-order valence-corrected chi connectivity index (χ1v) is 6.72. The van der Waals surface area contributed by atoms with E-state index in [1.807, 2.05) is 31.2 Å². The van der Waals surface area contributed by atoms with Gasteiger partial charge in [0.15, 0.2) is 0 Å². The third-order valence-electron chi connectivity index (χ3n) is 3.38. The van der Waals surface area contributed by atoms with Gasteiger partial charge >= 0.3 is 5.97 Å². The molecule has 110 valence electrons. The third-order valence-corrected chi connectivity index (χ3v) is 3.38. The fourth-order valence-corrected chi connectivity index (χ4v) is 2.23. The molecule has 0 aliphatic heterocycles. The van der Waals surface area contributed by atoms with Gasteiger partial charge in [0.1, 0.15) is 11.4 Å². The molecule has 2 aromatic carbocycles. The van der Waals surface area contributed by atoms with Crippen molar-refractivity contribution in [3.05, 3.63) is 65.5 Å². The van der Waals surface area contributed by atoms with E-state index in [0.29, 0.717) is 0 Å². The predicted octanol–water partition coefficient (Wildman–Crippen LogP) is 3.63. The molecule has 0 aliphatic rings. The molecule has 3 nitrogen and oxygen atoms in total. The van der Waals surface area contributed by atoms with Gasteiger partial charge in [-0.2, -0.15) is 0 Å². The van der Waals surface area contributed by atoms with Gasteiger partial charge in [0.05, 0.1) is 0 Å². The Morgan fingerprint density at radius 3 is 2.48 bits per heavy atom. The minimum Gasteiger partial charge on any atom is -0.480 e. The van der Waals surface area contributed by atoms with Crippen molar-refractivity contribution >= 4 is 11.7 Å². The van der Waals surface area contributed by atoms with Crippen LogP contribution in [0.3, 0.4) is 0 Å². The predicted molar refractivity (Wildman–Crippen MR) is 80.9 cm³/mol. The monoisotopic (exact) mass is 287 g/mol. The van der Waals surface area contributed by atoms with Gasteiger partial charge in [-0.25, -0.2) is 9.18 Å². The van der Waals surface area contributed by atoms with Gasteiger partial charge < -0.3 is 10.4 Å². The molecular formula is C17H18FNO2. The molecule has 21 heavy (non-hydrogen) atoms. The number of rotatable bonds is 5. The molecule has 0 saturated carbocycles. The topological polar surface area (TPSA) is 49.3 Å². The summed E-state index contributed by atoms with van der Waals surface area (Å²) in [5.41, 5.74) is 1.41. The second kappa shape index (κ2) is 5.95. The van der Waals surface area contributed by atoms with Crippen LogP contribution in [0.4, 0.5) is 10.1 Å². The van der Waals surface area contributed by atoms with E-state index in [1.54, 1.807) is 19.1 Å². The Labute approximate surface area is 123 Å². The Kier molecular flexibility index (Phi) is 4.26. The Hall–Kier alpha value is -2.36. The van der Waals surface area contributed by atoms with Gasteiger partial charge in [0.25, 0.3) is 0 Å². The maximum atomic E-state index is 12.9. The fraction of sp³-hybridized carbons (Fsp3) is 0.235. The van der Waals surface area contributed by atoms with E-state index < -0.39 is 11.5 Å². The summed E-state index contributed by atoms with van der Waals surface area (Å²) in [5.74, 6) is -1.28. The minimum absolute atomic E-state index is 0.260. The van der Waals surface area contributed by atoms with E-state index in [-0.39, 0.29) is 12.2 Å². The maximum absolute atomic E-state index is 12.9. The van der Waals surface area contributed by atoms with E-state index in [1.165, 1.54) is 12.1 Å². The molecule has 1 unspecified atom stereocenters. The number of hydrogen-bond donors (Lipinski definition) is 2. The van der Waals surface area contributed by atoms with Crippen LogP contribution >= 0.6 is 0 Å². The molecule has 0 aliphatic carbocycles. The first kappa shape index (κ1) is 15.0. The summed E-state index contributed by atoms with van der Waals surface area (Å²) in [4.78, 5) is 11.6. The van der Waals surface area contributed by atoms with Crippen molar-refractivity contribution in [3.8, 4) is 0 Å². The zero-order chi connectivity index (χ0) is 15.5. The van der Waals surface area contributed by atoms with Crippen molar-refractivity contribution in [2.24, 2.45) is 0 Å². The maximum Gasteiger partial charge on any atom is 0.329 e. The smallest absolute Gasteiger partial charge is 0.329 e. The molecule has 0 radical (unpaired) electrons. The normalized spacial score (nSPS) is 13.5. The van der Waals surface area contributed by atoms with E-state index in [0.717, 1.165) is 16.8 Å². The standard InChI is InChI=1S/C17H18FNO2/c1-12-4-3-5-15(10-12)19-17(2,16(20)21)11-13-6-8-14(18)9-7-13/h3-10,19H,11H2,1-2H3,(H,20,21). The summed E-state index contributed by atoms with van der Waals surface area (Å²) < 4.78 is 12.9. The second-order valence-electron chi connectivity index (χ2n) is 5.43. The Morgan fingerprint density at radius 1 is 1.24 bits per heavy atom. The SMILES string of the molecule is Cc1cccc(NC(C)(Cc2ccc(F)cc2)C(=O)O)c1. The van der Waals surface area contributed by atoms with Gasteiger partial charge in [-0.1, -0.05) is 24.3 Å². The summed E-state index contributed by atoms with van der Waals surface area (Å²) >= 11 is 0. The lowest BCUT2D eigenvalue weighted by Gasteiger charge is -2.28. The van der Waals surface area contributed by atoms with Crippen molar-refractivity contribution in [3.63, 3.8) is 0 Å². The summed E-state index contributed by atoms with van der Waals surface area (Å²) in [7, 11) is 0. The van der Waals surface area contributed by atoms with Crippen molar-refractivity contribution < 1.29 is 14.3 Å². The van der Waals surface area contributed by atoms with E-state index in [9.17, 15) is 14.3 Å². The summed E-state index contributed by atoms with van der Waals surface area (Å²) in [5, 5.41) is 12.6. The van der Waals surface area contributed by atoms with Crippen LogP contribution in [-0.2, 0) is 11.2 Å². The first-order chi connectivity index (χ1) is 9.89. The molecule has 4 heteroatoms. The molecule has 2 N–H and O–H groups in total. The Balaban J connectivity index is 2.23. The molecule has 1 atom stereocenters. The van der Waals surface area contributed by atoms with Crippen LogP contribution in [-0.4, -0.2) is 16.6 Å². The first-order valence-electron chi connectivity index (χ1n) is 6.72. The zero-order valence-corrected chi connectivity index (χ0v) is 12.1. The largest absolute Gasteiger partial charge is 0.480 e. The van der Waals surface area contributed by atoms with Crippen LogP contribution in [0.2, 0.25) is 0 Å². The lowest BCUT2D eigenvalue weighted by atomic mass is 9.92. The van der Waals surface area contributed by atoms with Gasteiger partial charge in [-0.3, -0.25) is 0 Å². The lowest BCUT2D eigenvalue weighted by molar-refractivity contribution is -0.141. The van der Waals surface area contributed by atoms with Gasteiger partial charge in [0, 0.05) is 12.1 Å². The average Bonchev–Trinajstić information content (AvgIpc) is 2.41. The number of aliphatic carboxylic acids is 1. The summed E-state index contributed by atoms with van der Waals surface area (Å²) in [6, 6.07) is 13.4. The number of anilines is 1. The number of nitrogens with one attached hydrogen (secondary N) is 1. The Morgan fingerprint density at radius 2 is 1.90 bits per heavy atom. The number of hydrogen-bond acceptors (Lipinski definition) is 2. The summed E-state index contributed by atoms with van der Waals surface area (Å²) in [6.07, 6.45) is 0.260. The molecule has 0 saturated heterocycles. The molecule has 0 bridgehead atoms. The highest BCUT2D eigenvalue weighted by molar-refractivity contribution is 5.82. The molecule has 0 fully saturated rings. The molecule has 0 spiro atoms. The highest BCUT2D eigenvalue weighted by Crippen LogP contribution is 2.21. The number of carbonyl (C=O) groups is 1. The molecule has 0 heterocycles. The fourth-order valence-electron chi connectivity index (χ4n) is 2.23. The van der Waals surface area contributed by atoms with Crippen LogP contribution in [0.5, 0.6) is 0 Å². The number of carboxylic acid groups (broad SMARTS) is 1. The average molecular weight is 287 g/mol. The molecule has 2 rings (SSSR count). The highest BCUT2D eigenvalue weighted by Gasteiger charge is 2.33. The van der Waals surface area contributed by atoms with Gasteiger partial charge in [-0.05, 0) is 49.2 Å². The van der Waals surface area contributed by atoms with Crippen LogP contribution < -0.4 is 5.32 Å². The van der Waals surface area contributed by atoms with Crippen LogP contribution in [0, 0.1) is 12.7 Å². The van der Waals surface area contributed by atoms with Crippen molar-refractivity contribution in [2.75, 3.05) is 5.32 Å². The van der Waals surface area contributed by atoms with Crippen LogP contribution in [0.15, 0.2) is 48.5 Å².